The molecule has 0 saturated heterocycles. The molecule has 4 nitrogen and oxygen atoms in total. The van der Waals surface area contributed by atoms with E-state index < -0.39 is 0 Å². The number of rotatable bonds is 6. The third-order valence-corrected chi connectivity index (χ3v) is 11.2. The van der Waals surface area contributed by atoms with Gasteiger partial charge >= 0.3 is 0 Å². The van der Waals surface area contributed by atoms with Crippen molar-refractivity contribution in [2.45, 2.75) is 0 Å². The van der Waals surface area contributed by atoms with Crippen molar-refractivity contribution in [1.82, 2.24) is 15.0 Å². The van der Waals surface area contributed by atoms with E-state index in [1.54, 1.807) is 0 Å². The van der Waals surface area contributed by atoms with Gasteiger partial charge in [0, 0.05) is 47.6 Å². The maximum Gasteiger partial charge on any atom is 0.164 e. The summed E-state index contributed by atoms with van der Waals surface area (Å²) in [6.45, 7) is 0. The number of aromatic nitrogens is 3. The van der Waals surface area contributed by atoms with Crippen LogP contribution in [0.15, 0.2) is 192 Å². The summed E-state index contributed by atoms with van der Waals surface area (Å²) in [6, 6.07) is 47.6. The lowest BCUT2D eigenvalue weighted by Crippen LogP contribution is -2.00. The molecule has 11 aromatic rings. The van der Waals surface area contributed by atoms with Crippen molar-refractivity contribution in [2.75, 3.05) is 0 Å². The van der Waals surface area contributed by atoms with Gasteiger partial charge in [-0.3, -0.25) is 0 Å². The predicted octanol–water partition coefficient (Wildman–Crippen LogP) is 14.1. The molecule has 0 unspecified atom stereocenters. The van der Waals surface area contributed by atoms with Gasteiger partial charge in [0.15, 0.2) is 17.5 Å². The standard InChI is InChI=1S/C51H31N3OS/c1-4-14-32(15-5-1)36-28-37(33-16-6-2-7-17-33)30-38(29-36)39-21-12-22-41-40-27-26-35(31-46(40)56-48(39)41)50-52-49(34-18-8-3-9-19-34)53-51(54-50)43-23-13-25-45-47(43)42-20-10-11-24-44(42)55-45/h1-31H/i12D,21D,22D,26D,27D,31D. The summed E-state index contributed by atoms with van der Waals surface area (Å²) < 4.78 is 63.5. The van der Waals surface area contributed by atoms with Gasteiger partial charge in [-0.2, -0.15) is 0 Å². The summed E-state index contributed by atoms with van der Waals surface area (Å²) in [7, 11) is 0. The molecule has 262 valence electrons. The Bertz CT molecular complexity index is 3540. The Labute approximate surface area is 335 Å². The smallest absolute Gasteiger partial charge is 0.164 e. The summed E-state index contributed by atoms with van der Waals surface area (Å²) in [4.78, 5) is 14.8. The fourth-order valence-electron chi connectivity index (χ4n) is 7.38. The Hall–Kier alpha value is -7.21. The van der Waals surface area contributed by atoms with Crippen LogP contribution in [0.3, 0.4) is 0 Å². The maximum atomic E-state index is 9.79. The fraction of sp³-hybridized carbons (Fsp3) is 0. The monoisotopic (exact) mass is 739 g/mol. The van der Waals surface area contributed by atoms with Crippen LogP contribution in [0.25, 0.3) is 110 Å². The maximum absolute atomic E-state index is 9.79. The minimum atomic E-state index is -0.296. The van der Waals surface area contributed by atoms with Crippen molar-refractivity contribution in [3.05, 3.63) is 188 Å². The SMILES string of the molecule is [2H]c1c([2H])c([2H])c2c(sc3c([2H])c(-c4nc(-c5ccccc5)nc(-c5cccc6oc7ccccc7c56)n4)c([2H])c([2H])c32)c1-c1cc(-c2ccccc2)cc(-c2ccccc2)c1. The summed E-state index contributed by atoms with van der Waals surface area (Å²) >= 11 is 1.19. The quantitative estimate of drug-likeness (QED) is 0.170. The number of hydrogen-bond donors (Lipinski definition) is 0. The summed E-state index contributed by atoms with van der Waals surface area (Å²) in [5.41, 5.74) is 7.67. The first-order valence-electron chi connectivity index (χ1n) is 21.2. The molecule has 0 aliphatic heterocycles. The van der Waals surface area contributed by atoms with Crippen molar-refractivity contribution in [1.29, 1.82) is 0 Å². The summed E-state index contributed by atoms with van der Waals surface area (Å²) in [6.07, 6.45) is 0. The molecule has 56 heavy (non-hydrogen) atoms. The number of thiophene rings is 1. The van der Waals surface area contributed by atoms with E-state index >= 15 is 0 Å². The number of nitrogens with zero attached hydrogens (tertiary/aromatic N) is 3. The van der Waals surface area contributed by atoms with Crippen molar-refractivity contribution in [3.8, 4) is 67.5 Å². The molecule has 3 heterocycles. The molecule has 8 aromatic carbocycles. The van der Waals surface area contributed by atoms with Crippen molar-refractivity contribution >= 4 is 53.4 Å². The van der Waals surface area contributed by atoms with Gasteiger partial charge in [-0.1, -0.05) is 152 Å². The first-order chi connectivity index (χ1) is 30.2. The van der Waals surface area contributed by atoms with Gasteiger partial charge in [-0.05, 0) is 69.8 Å². The Morgan fingerprint density at radius 1 is 0.429 bits per heavy atom. The average Bonchev–Trinajstić information content (AvgIpc) is 3.91. The Kier molecular flexibility index (Phi) is 6.29. The van der Waals surface area contributed by atoms with E-state index in [1.807, 2.05) is 146 Å². The van der Waals surface area contributed by atoms with E-state index in [2.05, 4.69) is 6.07 Å². The van der Waals surface area contributed by atoms with Gasteiger partial charge in [-0.25, -0.2) is 15.0 Å². The van der Waals surface area contributed by atoms with Gasteiger partial charge in [0.05, 0.1) is 8.22 Å². The molecule has 3 aromatic heterocycles. The van der Waals surface area contributed by atoms with Crippen LogP contribution in [0, 0.1) is 0 Å². The molecule has 0 aliphatic rings. The fourth-order valence-corrected chi connectivity index (χ4v) is 8.52. The zero-order valence-electron chi connectivity index (χ0n) is 35.6. The Balaban J connectivity index is 1.18. The molecule has 0 amide bonds. The molecular weight excluding hydrogens is 703 g/mol. The number of fused-ring (bicyclic) bond motifs is 6. The lowest BCUT2D eigenvalue weighted by atomic mass is 9.93. The number of para-hydroxylation sites is 1. The minimum Gasteiger partial charge on any atom is -0.456 e. The first-order valence-corrected chi connectivity index (χ1v) is 19.0. The molecular formula is C51H31N3OS. The largest absolute Gasteiger partial charge is 0.456 e. The molecule has 5 heteroatoms. The second-order valence-electron chi connectivity index (χ2n) is 13.5. The van der Waals surface area contributed by atoms with Crippen LogP contribution in [0.1, 0.15) is 8.22 Å². The second-order valence-corrected chi connectivity index (χ2v) is 14.5. The van der Waals surface area contributed by atoms with Crippen LogP contribution in [0.2, 0.25) is 0 Å². The molecule has 0 N–H and O–H groups in total. The van der Waals surface area contributed by atoms with Gasteiger partial charge in [0.2, 0.25) is 0 Å². The molecule has 0 spiro atoms. The van der Waals surface area contributed by atoms with Crippen molar-refractivity contribution in [2.24, 2.45) is 0 Å². The Morgan fingerprint density at radius 3 is 1.77 bits per heavy atom. The zero-order chi connectivity index (χ0) is 42.2. The highest BCUT2D eigenvalue weighted by atomic mass is 32.1. The van der Waals surface area contributed by atoms with E-state index in [9.17, 15) is 6.85 Å². The highest BCUT2D eigenvalue weighted by Crippen LogP contribution is 2.43. The van der Waals surface area contributed by atoms with Crippen LogP contribution in [0.4, 0.5) is 0 Å². The molecule has 0 fully saturated rings. The van der Waals surface area contributed by atoms with Crippen LogP contribution in [-0.2, 0) is 0 Å². The third kappa shape index (κ3) is 5.56. The minimum absolute atomic E-state index is 0.0434. The summed E-state index contributed by atoms with van der Waals surface area (Å²) in [5, 5.41) is 2.19. The highest BCUT2D eigenvalue weighted by Gasteiger charge is 2.19. The van der Waals surface area contributed by atoms with Crippen LogP contribution in [-0.4, -0.2) is 15.0 Å². The summed E-state index contributed by atoms with van der Waals surface area (Å²) in [5.74, 6) is 0.699. The molecule has 0 bridgehead atoms. The molecule has 0 radical (unpaired) electrons. The van der Waals surface area contributed by atoms with Crippen LogP contribution < -0.4 is 0 Å². The van der Waals surface area contributed by atoms with Gasteiger partial charge in [0.1, 0.15) is 11.2 Å². The third-order valence-electron chi connectivity index (χ3n) is 10.0. The van der Waals surface area contributed by atoms with E-state index in [4.69, 9.17) is 20.7 Å². The van der Waals surface area contributed by atoms with E-state index in [0.717, 1.165) is 33.0 Å². The zero-order valence-corrected chi connectivity index (χ0v) is 30.4. The lowest BCUT2D eigenvalue weighted by Gasteiger charge is -2.12. The molecule has 11 rings (SSSR count). The number of furan rings is 1. The van der Waals surface area contributed by atoms with E-state index in [0.29, 0.717) is 54.5 Å². The topological polar surface area (TPSA) is 51.8 Å². The average molecular weight is 740 g/mol. The lowest BCUT2D eigenvalue weighted by molar-refractivity contribution is 0.669. The number of benzene rings is 8. The first kappa shape index (κ1) is 26.5. The normalized spacial score (nSPS) is 13.1. The molecule has 0 atom stereocenters. The van der Waals surface area contributed by atoms with Crippen molar-refractivity contribution in [3.63, 3.8) is 0 Å². The van der Waals surface area contributed by atoms with Crippen LogP contribution >= 0.6 is 11.3 Å². The van der Waals surface area contributed by atoms with Gasteiger partial charge in [0.25, 0.3) is 0 Å². The Morgan fingerprint density at radius 2 is 1.04 bits per heavy atom. The van der Waals surface area contributed by atoms with E-state index in [-0.39, 0.29) is 58.4 Å². The highest BCUT2D eigenvalue weighted by molar-refractivity contribution is 7.26. The second kappa shape index (κ2) is 13.3. The molecule has 0 saturated carbocycles. The van der Waals surface area contributed by atoms with Crippen LogP contribution in [0.5, 0.6) is 0 Å². The number of hydrogen-bond acceptors (Lipinski definition) is 5. The van der Waals surface area contributed by atoms with Gasteiger partial charge < -0.3 is 4.42 Å². The van der Waals surface area contributed by atoms with Crippen molar-refractivity contribution < 1.29 is 12.6 Å². The van der Waals surface area contributed by atoms with E-state index in [1.165, 1.54) is 11.3 Å². The predicted molar refractivity (Wildman–Crippen MR) is 233 cm³/mol. The molecule has 0 aliphatic carbocycles. The van der Waals surface area contributed by atoms with Gasteiger partial charge in [-0.15, -0.1) is 11.3 Å².